The van der Waals surface area contributed by atoms with E-state index in [4.69, 9.17) is 5.73 Å². The lowest BCUT2D eigenvalue weighted by molar-refractivity contribution is 0.0908. The lowest BCUT2D eigenvalue weighted by atomic mass is 9.78. The van der Waals surface area contributed by atoms with Crippen molar-refractivity contribution in [1.29, 1.82) is 0 Å². The molecule has 1 aromatic carbocycles. The van der Waals surface area contributed by atoms with Gasteiger partial charge in [-0.2, -0.15) is 0 Å². The Morgan fingerprint density at radius 2 is 1.70 bits per heavy atom. The van der Waals surface area contributed by atoms with Crippen molar-refractivity contribution in [1.82, 2.24) is 4.90 Å². The van der Waals surface area contributed by atoms with E-state index in [9.17, 15) is 0 Å². The summed E-state index contributed by atoms with van der Waals surface area (Å²) in [5.41, 5.74) is 7.95. The highest BCUT2D eigenvalue weighted by Gasteiger charge is 2.34. The molecule has 1 aliphatic carbocycles. The minimum atomic E-state index is 0.378. The summed E-state index contributed by atoms with van der Waals surface area (Å²) in [6.45, 7) is 4.88. The Labute approximate surface area is 123 Å². The van der Waals surface area contributed by atoms with Crippen LogP contribution in [0.2, 0.25) is 0 Å². The maximum Gasteiger partial charge on any atom is 0.0253 e. The molecule has 0 bridgehead atoms. The van der Waals surface area contributed by atoms with Gasteiger partial charge in [-0.05, 0) is 62.6 Å². The van der Waals surface area contributed by atoms with Gasteiger partial charge in [-0.1, -0.05) is 37.3 Å². The SMILES string of the molecule is CC1CCN(C2CC(c3ccccc3)CCC2N)CC1. The van der Waals surface area contributed by atoms with Gasteiger partial charge in [0.15, 0.2) is 0 Å². The van der Waals surface area contributed by atoms with Crippen molar-refractivity contribution in [3.05, 3.63) is 35.9 Å². The lowest BCUT2D eigenvalue weighted by Crippen LogP contribution is -2.53. The van der Waals surface area contributed by atoms with E-state index in [0.717, 1.165) is 5.92 Å². The summed E-state index contributed by atoms with van der Waals surface area (Å²) in [6.07, 6.45) is 6.38. The number of hydrogen-bond acceptors (Lipinski definition) is 2. The molecule has 110 valence electrons. The molecule has 3 unspecified atom stereocenters. The summed E-state index contributed by atoms with van der Waals surface area (Å²) in [7, 11) is 0. The Morgan fingerprint density at radius 1 is 1.00 bits per heavy atom. The van der Waals surface area contributed by atoms with Gasteiger partial charge in [0.25, 0.3) is 0 Å². The molecule has 3 atom stereocenters. The maximum atomic E-state index is 6.44. The smallest absolute Gasteiger partial charge is 0.0253 e. The average Bonchev–Trinajstić information content (AvgIpc) is 2.50. The van der Waals surface area contributed by atoms with E-state index in [1.165, 1.54) is 50.8 Å². The van der Waals surface area contributed by atoms with Crippen LogP contribution in [0.4, 0.5) is 0 Å². The molecule has 2 fully saturated rings. The number of likely N-dealkylation sites (tertiary alicyclic amines) is 1. The van der Waals surface area contributed by atoms with Crippen LogP contribution in [0.3, 0.4) is 0 Å². The molecule has 1 heterocycles. The van der Waals surface area contributed by atoms with Crippen molar-refractivity contribution < 1.29 is 0 Å². The highest BCUT2D eigenvalue weighted by atomic mass is 15.2. The minimum absolute atomic E-state index is 0.378. The van der Waals surface area contributed by atoms with Crippen LogP contribution in [0.25, 0.3) is 0 Å². The van der Waals surface area contributed by atoms with Gasteiger partial charge in [0.05, 0.1) is 0 Å². The molecule has 0 amide bonds. The quantitative estimate of drug-likeness (QED) is 0.894. The zero-order valence-corrected chi connectivity index (χ0v) is 12.7. The van der Waals surface area contributed by atoms with E-state index in [0.29, 0.717) is 18.0 Å². The van der Waals surface area contributed by atoms with E-state index in [1.54, 1.807) is 0 Å². The van der Waals surface area contributed by atoms with Gasteiger partial charge >= 0.3 is 0 Å². The molecule has 1 saturated heterocycles. The molecule has 0 spiro atoms. The van der Waals surface area contributed by atoms with Crippen LogP contribution in [-0.2, 0) is 0 Å². The summed E-state index contributed by atoms with van der Waals surface area (Å²) >= 11 is 0. The van der Waals surface area contributed by atoms with Crippen LogP contribution in [0.5, 0.6) is 0 Å². The Kier molecular flexibility index (Phi) is 4.42. The molecule has 2 nitrogen and oxygen atoms in total. The van der Waals surface area contributed by atoms with Gasteiger partial charge in [-0.15, -0.1) is 0 Å². The van der Waals surface area contributed by atoms with Gasteiger partial charge in [0.2, 0.25) is 0 Å². The zero-order valence-electron chi connectivity index (χ0n) is 12.7. The van der Waals surface area contributed by atoms with Crippen LogP contribution in [-0.4, -0.2) is 30.1 Å². The van der Waals surface area contributed by atoms with Crippen molar-refractivity contribution >= 4 is 0 Å². The summed E-state index contributed by atoms with van der Waals surface area (Å²) in [4.78, 5) is 2.68. The number of piperidine rings is 1. The molecule has 2 heteroatoms. The summed E-state index contributed by atoms with van der Waals surface area (Å²) in [6, 6.07) is 12.0. The minimum Gasteiger partial charge on any atom is -0.326 e. The van der Waals surface area contributed by atoms with Gasteiger partial charge in [-0.3, -0.25) is 4.90 Å². The Bertz CT molecular complexity index is 409. The first-order valence-corrected chi connectivity index (χ1v) is 8.28. The maximum absolute atomic E-state index is 6.44. The Morgan fingerprint density at radius 3 is 2.40 bits per heavy atom. The van der Waals surface area contributed by atoms with Gasteiger partial charge < -0.3 is 5.73 Å². The van der Waals surface area contributed by atoms with Crippen molar-refractivity contribution in [2.24, 2.45) is 11.7 Å². The highest BCUT2D eigenvalue weighted by molar-refractivity contribution is 5.21. The fraction of sp³-hybridized carbons (Fsp3) is 0.667. The number of hydrogen-bond donors (Lipinski definition) is 1. The van der Waals surface area contributed by atoms with Crippen molar-refractivity contribution in [2.75, 3.05) is 13.1 Å². The molecule has 3 rings (SSSR count). The van der Waals surface area contributed by atoms with Crippen molar-refractivity contribution in [3.8, 4) is 0 Å². The number of nitrogens with zero attached hydrogens (tertiary/aromatic N) is 1. The average molecular weight is 272 g/mol. The van der Waals surface area contributed by atoms with E-state index >= 15 is 0 Å². The molecule has 0 radical (unpaired) electrons. The third-order valence-electron chi connectivity index (χ3n) is 5.43. The Hall–Kier alpha value is -0.860. The lowest BCUT2D eigenvalue weighted by Gasteiger charge is -2.44. The van der Waals surface area contributed by atoms with E-state index in [1.807, 2.05) is 0 Å². The molecule has 0 aromatic heterocycles. The number of rotatable bonds is 2. The first kappa shape index (κ1) is 14.1. The molecule has 2 N–H and O–H groups in total. The molecule has 2 aliphatic rings. The third kappa shape index (κ3) is 3.07. The summed E-state index contributed by atoms with van der Waals surface area (Å²) in [5, 5.41) is 0. The monoisotopic (exact) mass is 272 g/mol. The van der Waals surface area contributed by atoms with Crippen molar-refractivity contribution in [2.45, 2.75) is 57.0 Å². The second-order valence-corrected chi connectivity index (χ2v) is 6.87. The van der Waals surface area contributed by atoms with E-state index in [-0.39, 0.29) is 0 Å². The second-order valence-electron chi connectivity index (χ2n) is 6.87. The summed E-state index contributed by atoms with van der Waals surface area (Å²) in [5.74, 6) is 1.61. The fourth-order valence-corrected chi connectivity index (χ4v) is 3.98. The second kappa shape index (κ2) is 6.28. The molecule has 1 saturated carbocycles. The van der Waals surface area contributed by atoms with Gasteiger partial charge in [-0.25, -0.2) is 0 Å². The van der Waals surface area contributed by atoms with E-state index in [2.05, 4.69) is 42.2 Å². The normalized spacial score (nSPS) is 33.2. The number of nitrogens with two attached hydrogens (primary N) is 1. The fourth-order valence-electron chi connectivity index (χ4n) is 3.98. The first-order valence-electron chi connectivity index (χ1n) is 8.28. The third-order valence-corrected chi connectivity index (χ3v) is 5.43. The standard InChI is InChI=1S/C18H28N2/c1-14-9-11-20(12-10-14)18-13-16(7-8-17(18)19)15-5-3-2-4-6-15/h2-6,14,16-18H,7-13,19H2,1H3. The molecule has 20 heavy (non-hydrogen) atoms. The van der Waals surface area contributed by atoms with Crippen molar-refractivity contribution in [3.63, 3.8) is 0 Å². The molecular formula is C18H28N2. The van der Waals surface area contributed by atoms with E-state index < -0.39 is 0 Å². The predicted molar refractivity (Wildman–Crippen MR) is 84.8 cm³/mol. The zero-order chi connectivity index (χ0) is 13.9. The van der Waals surface area contributed by atoms with Crippen LogP contribution >= 0.6 is 0 Å². The first-order chi connectivity index (χ1) is 9.74. The van der Waals surface area contributed by atoms with Gasteiger partial charge in [0.1, 0.15) is 0 Å². The van der Waals surface area contributed by atoms with Crippen LogP contribution in [0, 0.1) is 5.92 Å². The van der Waals surface area contributed by atoms with Crippen LogP contribution in [0.1, 0.15) is 50.5 Å². The van der Waals surface area contributed by atoms with Crippen LogP contribution < -0.4 is 5.73 Å². The molecule has 1 aliphatic heterocycles. The highest BCUT2D eigenvalue weighted by Crippen LogP contribution is 2.35. The molecule has 1 aromatic rings. The number of benzene rings is 1. The molecular weight excluding hydrogens is 244 g/mol. The predicted octanol–water partition coefficient (Wildman–Crippen LogP) is 3.38. The Balaban J connectivity index is 1.67. The topological polar surface area (TPSA) is 29.3 Å². The van der Waals surface area contributed by atoms with Gasteiger partial charge in [0, 0.05) is 12.1 Å². The largest absolute Gasteiger partial charge is 0.326 e. The van der Waals surface area contributed by atoms with Crippen LogP contribution in [0.15, 0.2) is 30.3 Å². The summed E-state index contributed by atoms with van der Waals surface area (Å²) < 4.78 is 0.